The monoisotopic (exact) mass is 605 g/mol. The zero-order chi connectivity index (χ0) is 33.2. The van der Waals surface area contributed by atoms with Crippen LogP contribution in [0.15, 0.2) is 91.0 Å². The Morgan fingerprint density at radius 3 is 1.40 bits per heavy atom. The van der Waals surface area contributed by atoms with Gasteiger partial charge in [0.1, 0.15) is 0 Å². The van der Waals surface area contributed by atoms with E-state index in [-0.39, 0.29) is 28.1 Å². The van der Waals surface area contributed by atoms with Crippen LogP contribution in [0.2, 0.25) is 0 Å². The van der Waals surface area contributed by atoms with Crippen LogP contribution < -0.4 is 16.0 Å². The third-order valence-electron chi connectivity index (χ3n) is 7.87. The minimum Gasteiger partial charge on any atom is -0.369 e. The van der Waals surface area contributed by atoms with Crippen LogP contribution in [0.3, 0.4) is 0 Å². The van der Waals surface area contributed by atoms with Gasteiger partial charge >= 0.3 is 0 Å². The maximum atomic E-state index is 13.5. The molecule has 1 unspecified atom stereocenters. The number of aliphatic hydroxyl groups excluding tert-OH is 1. The molecule has 0 heterocycles. The largest absolute Gasteiger partial charge is 0.369 e. The fraction of sp³-hybridized carbons (Fsp3) is 0.333. The van der Waals surface area contributed by atoms with Gasteiger partial charge in [0.25, 0.3) is 11.8 Å². The van der Waals surface area contributed by atoms with Crippen LogP contribution in [-0.4, -0.2) is 16.9 Å². The van der Waals surface area contributed by atoms with Gasteiger partial charge in [0.15, 0.2) is 6.23 Å². The van der Waals surface area contributed by atoms with Crippen molar-refractivity contribution in [1.82, 2.24) is 0 Å². The minimum atomic E-state index is -1.03. The second-order valence-electron chi connectivity index (χ2n) is 14.8. The molecule has 0 spiro atoms. The molecule has 4 aromatic rings. The molecule has 0 fully saturated rings. The standard InChI is InChI=1S/C39H47N3O3/c1-37(2,3)28-14-10-25(11-15-28)34(43)41-32-22-27(36(45)40-31-20-18-30(19-21-31)39(7,8)9)23-33(24-32)42-35(44)26-12-16-29(17-13-26)38(4,5)6/h10-24,34,41,43H,1-9H3,(H,40,45)(H,42,44). The molecule has 45 heavy (non-hydrogen) atoms. The Bertz CT molecular complexity index is 1640. The number of carbonyl (C=O) groups excluding carboxylic acids is 2. The molecule has 4 rings (SSSR count). The summed E-state index contributed by atoms with van der Waals surface area (Å²) < 4.78 is 0. The van der Waals surface area contributed by atoms with Gasteiger partial charge in [-0.05, 0) is 75.4 Å². The van der Waals surface area contributed by atoms with Crippen molar-refractivity contribution in [2.24, 2.45) is 0 Å². The topological polar surface area (TPSA) is 90.5 Å². The number of rotatable bonds is 7. The fourth-order valence-electron chi connectivity index (χ4n) is 4.90. The quantitative estimate of drug-likeness (QED) is 0.158. The molecule has 1 atom stereocenters. The first-order valence-electron chi connectivity index (χ1n) is 15.4. The van der Waals surface area contributed by atoms with E-state index >= 15 is 0 Å². The van der Waals surface area contributed by atoms with Crippen LogP contribution in [0.25, 0.3) is 0 Å². The highest BCUT2D eigenvalue weighted by atomic mass is 16.3. The minimum absolute atomic E-state index is 0.00336. The van der Waals surface area contributed by atoms with Gasteiger partial charge in [0.05, 0.1) is 0 Å². The molecule has 4 aromatic carbocycles. The maximum absolute atomic E-state index is 13.5. The lowest BCUT2D eigenvalue weighted by molar-refractivity contribution is 0.101. The summed E-state index contributed by atoms with van der Waals surface area (Å²) in [6.07, 6.45) is -1.03. The van der Waals surface area contributed by atoms with Crippen molar-refractivity contribution in [3.05, 3.63) is 124 Å². The smallest absolute Gasteiger partial charge is 0.255 e. The van der Waals surface area contributed by atoms with E-state index in [0.717, 1.165) is 16.7 Å². The molecule has 2 amide bonds. The molecular weight excluding hydrogens is 558 g/mol. The van der Waals surface area contributed by atoms with Gasteiger partial charge in [-0.3, -0.25) is 9.59 Å². The Morgan fingerprint density at radius 1 is 0.511 bits per heavy atom. The van der Waals surface area contributed by atoms with Crippen molar-refractivity contribution in [3.8, 4) is 0 Å². The van der Waals surface area contributed by atoms with Crippen molar-refractivity contribution in [1.29, 1.82) is 0 Å². The Balaban J connectivity index is 1.61. The molecule has 0 aliphatic heterocycles. The lowest BCUT2D eigenvalue weighted by Crippen LogP contribution is -2.17. The number of amides is 2. The van der Waals surface area contributed by atoms with Crippen LogP contribution in [0.5, 0.6) is 0 Å². The van der Waals surface area contributed by atoms with Gasteiger partial charge < -0.3 is 21.1 Å². The van der Waals surface area contributed by atoms with Crippen LogP contribution in [0, 0.1) is 0 Å². The SMILES string of the molecule is CC(C)(C)c1ccc(NC(=O)c2cc(NC(=O)c3ccc(C(C)(C)C)cc3)cc(NC(O)c3ccc(C(C)(C)C)cc3)c2)cc1. The lowest BCUT2D eigenvalue weighted by atomic mass is 9.86. The van der Waals surface area contributed by atoms with E-state index < -0.39 is 6.23 Å². The van der Waals surface area contributed by atoms with Gasteiger partial charge in [0, 0.05) is 33.8 Å². The maximum Gasteiger partial charge on any atom is 0.255 e. The molecule has 0 saturated heterocycles. The molecule has 4 N–H and O–H groups in total. The third-order valence-corrected chi connectivity index (χ3v) is 7.87. The molecule has 0 aliphatic carbocycles. The summed E-state index contributed by atoms with van der Waals surface area (Å²) in [4.78, 5) is 26.7. The van der Waals surface area contributed by atoms with E-state index in [9.17, 15) is 14.7 Å². The van der Waals surface area contributed by atoms with Crippen LogP contribution in [0.1, 0.15) is 112 Å². The van der Waals surface area contributed by atoms with Gasteiger partial charge in [-0.2, -0.15) is 0 Å². The summed E-state index contributed by atoms with van der Waals surface area (Å²) in [5.74, 6) is -0.633. The first-order chi connectivity index (χ1) is 20.9. The van der Waals surface area contributed by atoms with E-state index in [1.165, 1.54) is 0 Å². The van der Waals surface area contributed by atoms with E-state index in [4.69, 9.17) is 0 Å². The molecule has 0 saturated carbocycles. The number of hydrogen-bond donors (Lipinski definition) is 4. The van der Waals surface area contributed by atoms with Crippen molar-refractivity contribution >= 4 is 28.9 Å². The number of aliphatic hydroxyl groups is 1. The summed E-state index contributed by atoms with van der Waals surface area (Å²) >= 11 is 0. The fourth-order valence-corrected chi connectivity index (χ4v) is 4.90. The highest BCUT2D eigenvalue weighted by Crippen LogP contribution is 2.28. The highest BCUT2D eigenvalue weighted by molar-refractivity contribution is 6.08. The summed E-state index contributed by atoms with van der Waals surface area (Å²) in [6.45, 7) is 19.2. The Morgan fingerprint density at radius 2 is 0.911 bits per heavy atom. The average Bonchev–Trinajstić information content (AvgIpc) is 2.96. The van der Waals surface area contributed by atoms with Crippen LogP contribution >= 0.6 is 0 Å². The third kappa shape index (κ3) is 8.83. The molecule has 0 radical (unpaired) electrons. The zero-order valence-corrected chi connectivity index (χ0v) is 28.0. The predicted molar refractivity (Wildman–Crippen MR) is 186 cm³/mol. The first-order valence-corrected chi connectivity index (χ1v) is 15.4. The highest BCUT2D eigenvalue weighted by Gasteiger charge is 2.19. The van der Waals surface area contributed by atoms with Gasteiger partial charge in [-0.15, -0.1) is 0 Å². The molecule has 6 heteroatoms. The zero-order valence-electron chi connectivity index (χ0n) is 28.0. The Kier molecular flexibility index (Phi) is 9.59. The normalized spacial score (nSPS) is 12.8. The second-order valence-corrected chi connectivity index (χ2v) is 14.8. The molecule has 0 bridgehead atoms. The van der Waals surface area contributed by atoms with E-state index in [2.05, 4.69) is 78.3 Å². The Labute approximate surface area is 268 Å². The molecular formula is C39H47N3O3. The Hall–Kier alpha value is -4.42. The number of carbonyl (C=O) groups is 2. The number of anilines is 3. The summed E-state index contributed by atoms with van der Waals surface area (Å²) in [5, 5.41) is 20.1. The van der Waals surface area contributed by atoms with Crippen molar-refractivity contribution in [3.63, 3.8) is 0 Å². The van der Waals surface area contributed by atoms with E-state index in [1.807, 2.05) is 60.7 Å². The average molecular weight is 606 g/mol. The second kappa shape index (κ2) is 12.9. The number of nitrogens with one attached hydrogen (secondary N) is 3. The predicted octanol–water partition coefficient (Wildman–Crippen LogP) is 9.19. The van der Waals surface area contributed by atoms with Gasteiger partial charge in [-0.1, -0.05) is 111 Å². The van der Waals surface area contributed by atoms with E-state index in [1.54, 1.807) is 30.3 Å². The molecule has 236 valence electrons. The molecule has 0 aromatic heterocycles. The van der Waals surface area contributed by atoms with Crippen molar-refractivity contribution in [2.75, 3.05) is 16.0 Å². The van der Waals surface area contributed by atoms with E-state index in [0.29, 0.717) is 33.8 Å². The van der Waals surface area contributed by atoms with Crippen molar-refractivity contribution < 1.29 is 14.7 Å². The van der Waals surface area contributed by atoms with Crippen molar-refractivity contribution in [2.45, 2.75) is 84.8 Å². The number of hydrogen-bond acceptors (Lipinski definition) is 4. The summed E-state index contributed by atoms with van der Waals surface area (Å²) in [6, 6.07) is 28.1. The first kappa shape index (κ1) is 33.5. The lowest BCUT2D eigenvalue weighted by Gasteiger charge is -2.21. The van der Waals surface area contributed by atoms with Gasteiger partial charge in [-0.25, -0.2) is 0 Å². The summed E-state index contributed by atoms with van der Waals surface area (Å²) in [5.41, 5.74) is 6.50. The van der Waals surface area contributed by atoms with Crippen LogP contribution in [0.4, 0.5) is 17.1 Å². The molecule has 6 nitrogen and oxygen atoms in total. The number of benzene rings is 4. The summed E-state index contributed by atoms with van der Waals surface area (Å²) in [7, 11) is 0. The molecule has 0 aliphatic rings. The van der Waals surface area contributed by atoms with Crippen LogP contribution in [-0.2, 0) is 16.2 Å². The van der Waals surface area contributed by atoms with Gasteiger partial charge in [0.2, 0.25) is 0 Å².